The van der Waals surface area contributed by atoms with Crippen LogP contribution in [0.1, 0.15) is 39.0 Å². The summed E-state index contributed by atoms with van der Waals surface area (Å²) in [5.74, 6) is 2.02. The molecule has 0 saturated heterocycles. The van der Waals surface area contributed by atoms with Crippen molar-refractivity contribution in [3.05, 3.63) is 0 Å². The van der Waals surface area contributed by atoms with E-state index in [9.17, 15) is 0 Å². The second-order valence-electron chi connectivity index (χ2n) is 5.25. The lowest BCUT2D eigenvalue weighted by molar-refractivity contribution is 0.306. The highest BCUT2D eigenvalue weighted by Gasteiger charge is 2.32. The summed E-state index contributed by atoms with van der Waals surface area (Å²) in [6.45, 7) is 6.17. The maximum atomic E-state index is 3.20. The number of nitrogens with zero attached hydrogens (tertiary/aromatic N) is 1. The van der Waals surface area contributed by atoms with Crippen molar-refractivity contribution < 1.29 is 0 Å². The van der Waals surface area contributed by atoms with Crippen LogP contribution in [0.5, 0.6) is 0 Å². The molecule has 1 saturated carbocycles. The smallest absolute Gasteiger partial charge is 0.000926 e. The van der Waals surface area contributed by atoms with E-state index in [2.05, 4.69) is 24.2 Å². The zero-order valence-electron chi connectivity index (χ0n) is 10.8. The molecule has 1 aliphatic carbocycles. The Bertz CT molecular complexity index is 159. The maximum Gasteiger partial charge on any atom is 0.000926 e. The molecule has 0 heterocycles. The molecule has 15 heavy (non-hydrogen) atoms. The standard InChI is InChI=1S/C13H28N2/c1-12-10-13(12)11-15(3)9-7-5-4-6-8-14-2/h12-14H,4-11H2,1-3H3. The minimum atomic E-state index is 1.00. The molecule has 0 aromatic rings. The Hall–Kier alpha value is -0.0800. The minimum absolute atomic E-state index is 1.00. The SMILES string of the molecule is CNCCCCCCN(C)CC1CC1C. The van der Waals surface area contributed by atoms with Crippen LogP contribution in [0.15, 0.2) is 0 Å². The minimum Gasteiger partial charge on any atom is -0.320 e. The van der Waals surface area contributed by atoms with Gasteiger partial charge in [0.05, 0.1) is 0 Å². The molecule has 2 heteroatoms. The van der Waals surface area contributed by atoms with Crippen molar-refractivity contribution in [3.63, 3.8) is 0 Å². The average Bonchev–Trinajstić information content (AvgIpc) is 2.88. The molecule has 1 N–H and O–H groups in total. The third-order valence-corrected chi connectivity index (χ3v) is 3.54. The zero-order valence-corrected chi connectivity index (χ0v) is 10.8. The van der Waals surface area contributed by atoms with Gasteiger partial charge in [-0.1, -0.05) is 19.8 Å². The van der Waals surface area contributed by atoms with Crippen molar-refractivity contribution in [3.8, 4) is 0 Å². The van der Waals surface area contributed by atoms with Gasteiger partial charge in [-0.2, -0.15) is 0 Å². The van der Waals surface area contributed by atoms with Crippen molar-refractivity contribution >= 4 is 0 Å². The van der Waals surface area contributed by atoms with E-state index in [4.69, 9.17) is 0 Å². The van der Waals surface area contributed by atoms with Gasteiger partial charge in [-0.3, -0.25) is 0 Å². The van der Waals surface area contributed by atoms with Gasteiger partial charge in [0.25, 0.3) is 0 Å². The van der Waals surface area contributed by atoms with E-state index in [1.54, 1.807) is 0 Å². The Balaban J connectivity index is 1.82. The lowest BCUT2D eigenvalue weighted by atomic mass is 10.2. The number of hydrogen-bond donors (Lipinski definition) is 1. The predicted molar refractivity (Wildman–Crippen MR) is 67.2 cm³/mol. The first-order valence-corrected chi connectivity index (χ1v) is 6.57. The lowest BCUT2D eigenvalue weighted by Gasteiger charge is -2.16. The molecule has 0 aliphatic heterocycles. The quantitative estimate of drug-likeness (QED) is 0.590. The summed E-state index contributed by atoms with van der Waals surface area (Å²) in [6.07, 6.45) is 6.95. The molecule has 0 aromatic carbocycles. The van der Waals surface area contributed by atoms with Gasteiger partial charge in [0.1, 0.15) is 0 Å². The highest BCUT2D eigenvalue weighted by Crippen LogP contribution is 2.37. The molecule has 1 fully saturated rings. The van der Waals surface area contributed by atoms with Crippen molar-refractivity contribution in [2.75, 3.05) is 33.7 Å². The first-order valence-electron chi connectivity index (χ1n) is 6.57. The third-order valence-electron chi connectivity index (χ3n) is 3.54. The molecule has 0 radical (unpaired) electrons. The summed E-state index contributed by atoms with van der Waals surface area (Å²) in [4.78, 5) is 2.52. The van der Waals surface area contributed by atoms with Crippen LogP contribution in [0.2, 0.25) is 0 Å². The van der Waals surface area contributed by atoms with Crippen LogP contribution in [0.3, 0.4) is 0 Å². The van der Waals surface area contributed by atoms with Crippen molar-refractivity contribution in [1.29, 1.82) is 0 Å². The van der Waals surface area contributed by atoms with Crippen LogP contribution in [-0.2, 0) is 0 Å². The third kappa shape index (κ3) is 6.16. The van der Waals surface area contributed by atoms with E-state index < -0.39 is 0 Å². The van der Waals surface area contributed by atoms with Crippen LogP contribution >= 0.6 is 0 Å². The Kier molecular flexibility index (Phi) is 6.26. The topological polar surface area (TPSA) is 15.3 Å². The zero-order chi connectivity index (χ0) is 11.1. The molecule has 1 rings (SSSR count). The summed E-state index contributed by atoms with van der Waals surface area (Å²) in [5, 5.41) is 3.20. The summed E-state index contributed by atoms with van der Waals surface area (Å²) >= 11 is 0. The molecule has 2 atom stereocenters. The van der Waals surface area contributed by atoms with Gasteiger partial charge in [-0.15, -0.1) is 0 Å². The first-order chi connectivity index (χ1) is 7.24. The van der Waals surface area contributed by atoms with Crippen molar-refractivity contribution in [2.45, 2.75) is 39.0 Å². The van der Waals surface area contributed by atoms with Crippen LogP contribution < -0.4 is 5.32 Å². The summed E-state index contributed by atoms with van der Waals surface area (Å²) in [5.41, 5.74) is 0. The Morgan fingerprint density at radius 1 is 1.20 bits per heavy atom. The van der Waals surface area contributed by atoms with Crippen molar-refractivity contribution in [1.82, 2.24) is 10.2 Å². The van der Waals surface area contributed by atoms with Gasteiger partial charge < -0.3 is 10.2 Å². The number of rotatable bonds is 9. The molecule has 2 nitrogen and oxygen atoms in total. The van der Waals surface area contributed by atoms with Crippen LogP contribution in [0.25, 0.3) is 0 Å². The Morgan fingerprint density at radius 3 is 2.47 bits per heavy atom. The summed E-state index contributed by atoms with van der Waals surface area (Å²) in [7, 11) is 4.31. The maximum absolute atomic E-state index is 3.20. The number of unbranched alkanes of at least 4 members (excludes halogenated alkanes) is 3. The molecule has 0 spiro atoms. The van der Waals surface area contributed by atoms with Gasteiger partial charge in [0.15, 0.2) is 0 Å². The van der Waals surface area contributed by atoms with E-state index in [-0.39, 0.29) is 0 Å². The Labute approximate surface area is 95.4 Å². The molecule has 2 unspecified atom stereocenters. The van der Waals surface area contributed by atoms with E-state index in [0.717, 1.165) is 11.8 Å². The number of nitrogens with one attached hydrogen (secondary N) is 1. The summed E-state index contributed by atoms with van der Waals surface area (Å²) in [6, 6.07) is 0. The average molecular weight is 212 g/mol. The molecule has 0 aromatic heterocycles. The van der Waals surface area contributed by atoms with Crippen molar-refractivity contribution in [2.24, 2.45) is 11.8 Å². The highest BCUT2D eigenvalue weighted by atomic mass is 15.1. The van der Waals surface area contributed by atoms with E-state index in [0.29, 0.717) is 0 Å². The second kappa shape index (κ2) is 7.24. The van der Waals surface area contributed by atoms with Gasteiger partial charge in [0.2, 0.25) is 0 Å². The normalized spacial score (nSPS) is 24.8. The molecule has 90 valence electrons. The monoisotopic (exact) mass is 212 g/mol. The van der Waals surface area contributed by atoms with Gasteiger partial charge >= 0.3 is 0 Å². The fourth-order valence-electron chi connectivity index (χ4n) is 2.18. The molecular weight excluding hydrogens is 184 g/mol. The van der Waals surface area contributed by atoms with Crippen LogP contribution in [0, 0.1) is 11.8 Å². The largest absolute Gasteiger partial charge is 0.320 e. The van der Waals surface area contributed by atoms with E-state index in [1.165, 1.54) is 51.7 Å². The molecule has 0 amide bonds. The van der Waals surface area contributed by atoms with Gasteiger partial charge in [0, 0.05) is 6.54 Å². The molecular formula is C13H28N2. The predicted octanol–water partition coefficient (Wildman–Crippen LogP) is 2.35. The summed E-state index contributed by atoms with van der Waals surface area (Å²) < 4.78 is 0. The van der Waals surface area contributed by atoms with Crippen LogP contribution in [-0.4, -0.2) is 38.6 Å². The fraction of sp³-hybridized carbons (Fsp3) is 1.00. The Morgan fingerprint density at radius 2 is 1.87 bits per heavy atom. The highest BCUT2D eigenvalue weighted by molar-refractivity contribution is 4.84. The first kappa shape index (κ1) is 13.0. The van der Waals surface area contributed by atoms with Crippen LogP contribution in [0.4, 0.5) is 0 Å². The van der Waals surface area contributed by atoms with Gasteiger partial charge in [-0.05, 0) is 58.3 Å². The van der Waals surface area contributed by atoms with E-state index >= 15 is 0 Å². The lowest BCUT2D eigenvalue weighted by Crippen LogP contribution is -2.22. The molecule has 1 aliphatic rings. The molecule has 0 bridgehead atoms. The fourth-order valence-corrected chi connectivity index (χ4v) is 2.18. The van der Waals surface area contributed by atoms with E-state index in [1.807, 2.05) is 7.05 Å². The second-order valence-corrected chi connectivity index (χ2v) is 5.25. The number of hydrogen-bond acceptors (Lipinski definition) is 2. The van der Waals surface area contributed by atoms with Gasteiger partial charge in [-0.25, -0.2) is 0 Å².